The first kappa shape index (κ1) is 16.4. The molecular weight excluding hydrogens is 316 g/mol. The summed E-state index contributed by atoms with van der Waals surface area (Å²) in [5, 5.41) is 3.22. The zero-order chi connectivity index (χ0) is 16.4. The number of sulfonamides is 1. The van der Waals surface area contributed by atoms with Gasteiger partial charge in [0.15, 0.2) is 0 Å². The lowest BCUT2D eigenvalue weighted by molar-refractivity contribution is 0.0600. The number of rotatable bonds is 5. The fourth-order valence-electron chi connectivity index (χ4n) is 2.95. The van der Waals surface area contributed by atoms with Crippen LogP contribution in [-0.4, -0.2) is 39.3 Å². The van der Waals surface area contributed by atoms with Crippen LogP contribution in [0.1, 0.15) is 47.6 Å². The Bertz CT molecular complexity index is 668. The van der Waals surface area contributed by atoms with Gasteiger partial charge in [0.1, 0.15) is 0 Å². The predicted octanol–water partition coefficient (Wildman–Crippen LogP) is 1.35. The SMILES string of the molecule is COC(=O)c1ccc([C@H]2C[C@H](NS(=O)(=O)C3CC3)CCN2)cc1. The molecule has 2 fully saturated rings. The van der Waals surface area contributed by atoms with Crippen LogP contribution >= 0.6 is 0 Å². The number of benzene rings is 1. The lowest BCUT2D eigenvalue weighted by Gasteiger charge is -2.31. The van der Waals surface area contributed by atoms with Crippen LogP contribution in [0.2, 0.25) is 0 Å². The van der Waals surface area contributed by atoms with Gasteiger partial charge in [0.05, 0.1) is 17.9 Å². The second kappa shape index (κ2) is 6.59. The van der Waals surface area contributed by atoms with Gasteiger partial charge in [0.2, 0.25) is 10.0 Å². The van der Waals surface area contributed by atoms with E-state index in [0.29, 0.717) is 12.0 Å². The zero-order valence-corrected chi connectivity index (χ0v) is 13.9. The third-order valence-electron chi connectivity index (χ3n) is 4.43. The molecule has 0 spiro atoms. The molecule has 1 heterocycles. The molecule has 2 atom stereocenters. The Morgan fingerprint density at radius 1 is 1.22 bits per heavy atom. The molecule has 0 radical (unpaired) electrons. The molecule has 0 aromatic heterocycles. The van der Waals surface area contributed by atoms with E-state index in [-0.39, 0.29) is 23.3 Å². The number of hydrogen-bond donors (Lipinski definition) is 2. The molecule has 1 aromatic carbocycles. The van der Waals surface area contributed by atoms with Gasteiger partial charge in [-0.25, -0.2) is 17.9 Å². The van der Waals surface area contributed by atoms with Gasteiger partial charge in [-0.1, -0.05) is 12.1 Å². The summed E-state index contributed by atoms with van der Waals surface area (Å²) in [6, 6.07) is 7.31. The summed E-state index contributed by atoms with van der Waals surface area (Å²) < 4.78 is 31.7. The van der Waals surface area contributed by atoms with E-state index in [1.165, 1.54) is 7.11 Å². The van der Waals surface area contributed by atoms with Crippen molar-refractivity contribution in [3.05, 3.63) is 35.4 Å². The van der Waals surface area contributed by atoms with E-state index in [9.17, 15) is 13.2 Å². The van der Waals surface area contributed by atoms with E-state index in [1.807, 2.05) is 12.1 Å². The molecule has 1 aromatic rings. The average molecular weight is 338 g/mol. The molecular formula is C16H22N2O4S. The number of carbonyl (C=O) groups excluding carboxylic acids is 1. The van der Waals surface area contributed by atoms with Crippen LogP contribution in [0.3, 0.4) is 0 Å². The van der Waals surface area contributed by atoms with Crippen molar-refractivity contribution in [3.63, 3.8) is 0 Å². The van der Waals surface area contributed by atoms with Crippen LogP contribution < -0.4 is 10.0 Å². The molecule has 1 aliphatic heterocycles. The van der Waals surface area contributed by atoms with Crippen LogP contribution in [0.15, 0.2) is 24.3 Å². The number of nitrogens with one attached hydrogen (secondary N) is 2. The quantitative estimate of drug-likeness (QED) is 0.792. The number of esters is 1. The predicted molar refractivity (Wildman–Crippen MR) is 86.6 cm³/mol. The second-order valence-electron chi connectivity index (χ2n) is 6.20. The average Bonchev–Trinajstić information content (AvgIpc) is 3.39. The number of carbonyl (C=O) groups is 1. The summed E-state index contributed by atoms with van der Waals surface area (Å²) in [6.45, 7) is 0.765. The van der Waals surface area contributed by atoms with E-state index >= 15 is 0 Å². The van der Waals surface area contributed by atoms with Gasteiger partial charge in [-0.3, -0.25) is 0 Å². The zero-order valence-electron chi connectivity index (χ0n) is 13.1. The molecule has 2 aliphatic rings. The maximum atomic E-state index is 12.1. The van der Waals surface area contributed by atoms with Gasteiger partial charge in [0, 0.05) is 12.1 Å². The Balaban J connectivity index is 1.65. The minimum atomic E-state index is -3.15. The monoisotopic (exact) mass is 338 g/mol. The van der Waals surface area contributed by atoms with E-state index < -0.39 is 10.0 Å². The van der Waals surface area contributed by atoms with Gasteiger partial charge in [-0.15, -0.1) is 0 Å². The number of methoxy groups -OCH3 is 1. The summed E-state index contributed by atoms with van der Waals surface area (Å²) in [4.78, 5) is 11.5. The molecule has 6 nitrogen and oxygen atoms in total. The molecule has 23 heavy (non-hydrogen) atoms. The van der Waals surface area contributed by atoms with Crippen molar-refractivity contribution in [3.8, 4) is 0 Å². The van der Waals surface area contributed by atoms with Gasteiger partial charge >= 0.3 is 5.97 Å². The third-order valence-corrected chi connectivity index (χ3v) is 6.44. The Morgan fingerprint density at radius 2 is 1.91 bits per heavy atom. The van der Waals surface area contributed by atoms with Crippen LogP contribution in [-0.2, 0) is 14.8 Å². The summed E-state index contributed by atoms with van der Waals surface area (Å²) in [7, 11) is -1.80. The van der Waals surface area contributed by atoms with Crippen LogP contribution in [0.4, 0.5) is 0 Å². The highest BCUT2D eigenvalue weighted by atomic mass is 32.2. The molecule has 1 saturated carbocycles. The van der Waals surface area contributed by atoms with E-state index in [0.717, 1.165) is 31.4 Å². The van der Waals surface area contributed by atoms with E-state index in [1.54, 1.807) is 12.1 Å². The van der Waals surface area contributed by atoms with Crippen molar-refractivity contribution in [2.24, 2.45) is 0 Å². The Labute approximate surface area is 136 Å². The second-order valence-corrected chi connectivity index (χ2v) is 8.20. The highest BCUT2D eigenvalue weighted by Crippen LogP contribution is 2.30. The van der Waals surface area contributed by atoms with Crippen molar-refractivity contribution in [1.82, 2.24) is 10.0 Å². The Hall–Kier alpha value is -1.44. The summed E-state index contributed by atoms with van der Waals surface area (Å²) in [5.41, 5.74) is 1.56. The maximum Gasteiger partial charge on any atom is 0.337 e. The molecule has 2 N–H and O–H groups in total. The lowest BCUT2D eigenvalue weighted by Crippen LogP contribution is -2.45. The molecule has 0 bridgehead atoms. The summed E-state index contributed by atoms with van der Waals surface area (Å²) in [6.07, 6.45) is 3.06. The Kier molecular flexibility index (Phi) is 4.70. The maximum absolute atomic E-state index is 12.1. The minimum Gasteiger partial charge on any atom is -0.465 e. The first-order chi connectivity index (χ1) is 11.0. The van der Waals surface area contributed by atoms with Crippen LogP contribution in [0, 0.1) is 0 Å². The first-order valence-electron chi connectivity index (χ1n) is 7.92. The van der Waals surface area contributed by atoms with Crippen molar-refractivity contribution in [1.29, 1.82) is 0 Å². The number of hydrogen-bond acceptors (Lipinski definition) is 5. The van der Waals surface area contributed by atoms with E-state index in [2.05, 4.69) is 10.0 Å². The van der Waals surface area contributed by atoms with Crippen molar-refractivity contribution < 1.29 is 17.9 Å². The normalized spacial score (nSPS) is 25.1. The van der Waals surface area contributed by atoms with E-state index in [4.69, 9.17) is 4.74 Å². The molecule has 0 unspecified atom stereocenters. The number of ether oxygens (including phenoxy) is 1. The van der Waals surface area contributed by atoms with Crippen molar-refractivity contribution >= 4 is 16.0 Å². The summed E-state index contributed by atoms with van der Waals surface area (Å²) in [5.74, 6) is -0.358. The van der Waals surface area contributed by atoms with Gasteiger partial charge in [-0.2, -0.15) is 0 Å². The summed E-state index contributed by atoms with van der Waals surface area (Å²) >= 11 is 0. The van der Waals surface area contributed by atoms with Gasteiger partial charge in [0.25, 0.3) is 0 Å². The van der Waals surface area contributed by atoms with Crippen molar-refractivity contribution in [2.75, 3.05) is 13.7 Å². The van der Waals surface area contributed by atoms with Crippen molar-refractivity contribution in [2.45, 2.75) is 43.0 Å². The smallest absolute Gasteiger partial charge is 0.337 e. The molecule has 126 valence electrons. The van der Waals surface area contributed by atoms with Crippen LogP contribution in [0.5, 0.6) is 0 Å². The largest absolute Gasteiger partial charge is 0.465 e. The molecule has 1 aliphatic carbocycles. The lowest BCUT2D eigenvalue weighted by atomic mass is 9.94. The fourth-order valence-corrected chi connectivity index (χ4v) is 4.58. The minimum absolute atomic E-state index is 0.0351. The highest BCUT2D eigenvalue weighted by Gasteiger charge is 2.37. The van der Waals surface area contributed by atoms with Gasteiger partial charge in [-0.05, 0) is 49.9 Å². The molecule has 7 heteroatoms. The molecule has 0 amide bonds. The third kappa shape index (κ3) is 3.91. The van der Waals surface area contributed by atoms with Gasteiger partial charge < -0.3 is 10.1 Å². The number of piperidine rings is 1. The highest BCUT2D eigenvalue weighted by molar-refractivity contribution is 7.90. The van der Waals surface area contributed by atoms with Crippen LogP contribution in [0.25, 0.3) is 0 Å². The fraction of sp³-hybridized carbons (Fsp3) is 0.562. The molecule has 1 saturated heterocycles. The first-order valence-corrected chi connectivity index (χ1v) is 9.47. The topological polar surface area (TPSA) is 84.5 Å². The Morgan fingerprint density at radius 3 is 2.52 bits per heavy atom. The molecule has 3 rings (SSSR count). The standard InChI is InChI=1S/C16H22N2O4S/c1-22-16(19)12-4-2-11(3-5-12)15-10-13(8-9-17-15)18-23(20,21)14-6-7-14/h2-5,13-15,17-18H,6-10H2,1H3/t13-,15-/m1/s1.